The average Bonchev–Trinajstić information content (AvgIpc) is 1.60. The van der Waals surface area contributed by atoms with E-state index in [1.807, 2.05) is 35.5 Å². The maximum absolute atomic E-state index is 14.1. The number of piperidine rings is 4. The summed E-state index contributed by atoms with van der Waals surface area (Å²) < 4.78 is 115. The number of aromatic nitrogens is 3. The van der Waals surface area contributed by atoms with Crippen LogP contribution < -0.4 is 127 Å². The van der Waals surface area contributed by atoms with Gasteiger partial charge >= 0.3 is 70.6 Å². The molecule has 748 valence electrons. The molecule has 7 aromatic rings. The monoisotopic (exact) mass is 2160 g/mol. The number of pyridine rings is 3. The molecule has 8 N–H and O–H groups in total. The van der Waals surface area contributed by atoms with Crippen molar-refractivity contribution in [3.63, 3.8) is 0 Å². The molecule has 4 aliphatic carbocycles. The van der Waals surface area contributed by atoms with Gasteiger partial charge in [-0.1, -0.05) is 75.3 Å². The van der Waals surface area contributed by atoms with Gasteiger partial charge in [0.15, 0.2) is 40.1 Å². The number of fused-ring (bicyclic) bond motifs is 20. The van der Waals surface area contributed by atoms with Crippen molar-refractivity contribution in [3.8, 4) is 23.0 Å². The first-order valence-electron chi connectivity index (χ1n) is 41.8. The summed E-state index contributed by atoms with van der Waals surface area (Å²) in [6.07, 6.45) is 17.0. The van der Waals surface area contributed by atoms with Crippen molar-refractivity contribution in [2.24, 2.45) is 35.1 Å². The Morgan fingerprint density at radius 2 is 0.892 bits per heavy atom. The van der Waals surface area contributed by atoms with Crippen LogP contribution >= 0.6 is 34.8 Å². The van der Waals surface area contributed by atoms with E-state index in [2.05, 4.69) is 20.3 Å². The van der Waals surface area contributed by atoms with Crippen LogP contribution in [0.25, 0.3) is 0 Å². The number of likely N-dealkylation sites (tertiary alicyclic amines) is 1. The molecule has 139 heavy (non-hydrogen) atoms. The maximum atomic E-state index is 14.1. The second-order valence-corrected chi connectivity index (χ2v) is 35.1. The third-order valence-electron chi connectivity index (χ3n) is 25.5. The number of Topliss-reactive ketones (excluding diaryl/α,β-unsaturated/α-hetero) is 1. The molecule has 12 atom stereocenters. The minimum Gasteiger partial charge on any atom is -1.00 e. The van der Waals surface area contributed by atoms with Gasteiger partial charge in [0.1, 0.15) is 84.1 Å². The van der Waals surface area contributed by atoms with E-state index >= 15 is 0 Å². The number of rotatable bonds is 15. The number of nitrogens with two attached hydrogens (primary N) is 2. The zero-order valence-electron chi connectivity index (χ0n) is 74.7. The fourth-order valence-electron chi connectivity index (χ4n) is 19.6. The van der Waals surface area contributed by atoms with Gasteiger partial charge < -0.3 is 138 Å². The van der Waals surface area contributed by atoms with Gasteiger partial charge in [0.2, 0.25) is 33.2 Å². The molecule has 3 aromatic carbocycles. The minimum absolute atomic E-state index is 0. The zero-order valence-corrected chi connectivity index (χ0v) is 83.6. The van der Waals surface area contributed by atoms with Crippen molar-refractivity contribution in [2.75, 3.05) is 35.0 Å². The van der Waals surface area contributed by atoms with E-state index in [1.165, 1.54) is 70.0 Å². The van der Waals surface area contributed by atoms with Crippen LogP contribution in [0.3, 0.4) is 0 Å². The number of amides is 6. The molecule has 35 nitrogen and oxygen atoms in total. The number of carboxylic acid groups (broad SMARTS) is 1. The van der Waals surface area contributed by atoms with Gasteiger partial charge in [-0.05, 0) is 140 Å². The first-order valence-corrected chi connectivity index (χ1v) is 42.9. The number of benzene rings is 3. The number of hydrogen-bond donors (Lipinski definition) is 6. The Morgan fingerprint density at radius 1 is 0.540 bits per heavy atom. The Labute approximate surface area is 868 Å². The van der Waals surface area contributed by atoms with E-state index in [9.17, 15) is 98.9 Å². The Bertz CT molecular complexity index is 6070. The molecule has 8 fully saturated rings. The molecule has 7 aliphatic heterocycles. The molecule has 11 aliphatic rings. The van der Waals surface area contributed by atoms with Crippen LogP contribution in [0, 0.1) is 58.6 Å². The van der Waals surface area contributed by atoms with Gasteiger partial charge in [0, 0.05) is 112 Å². The Morgan fingerprint density at radius 3 is 1.27 bits per heavy atom. The minimum atomic E-state index is -1.30. The van der Waals surface area contributed by atoms with Crippen molar-refractivity contribution in [3.05, 3.63) is 214 Å². The van der Waals surface area contributed by atoms with Crippen molar-refractivity contribution in [1.82, 2.24) is 43.9 Å². The van der Waals surface area contributed by atoms with E-state index < -0.39 is 118 Å². The molecule has 18 rings (SSSR count). The predicted octanol–water partition coefficient (Wildman–Crippen LogP) is 1.13. The van der Waals surface area contributed by atoms with Crippen molar-refractivity contribution in [2.45, 2.75) is 220 Å². The van der Waals surface area contributed by atoms with E-state index in [1.54, 1.807) is 14.0 Å². The maximum Gasteiger partial charge on any atom is 2.00 e. The fraction of sp³-hybridized carbons (Fsp3) is 0.473. The molecular weight excluding hydrogens is 2060 g/mol. The number of nitrogens with one attached hydrogen (secondary N) is 2. The molecule has 0 radical (unpaired) electrons. The molecule has 0 spiro atoms. The van der Waals surface area contributed by atoms with Crippen molar-refractivity contribution >= 4 is 118 Å². The number of carbonyl (C=O) groups excluding carboxylic acids is 9. The number of carbonyl (C=O) groups is 10. The van der Waals surface area contributed by atoms with Crippen LogP contribution in [0.15, 0.2) is 84.8 Å². The third-order valence-corrected chi connectivity index (χ3v) is 26.5. The number of methoxy groups -OCH3 is 4. The standard InChI is InChI=1S/C22H20ClF2N3O4.C21H18ClF2N3O4.C15H16N2O5.C12H22N2O2.C10H10O6.C7H6ClF2N.CH2O3.3CH4.2BrH.Mg.Na/c1-32-20-18-22(31)28-12-4-2-10(6-12)15(28)9-27(18)8-13(19(20)29)21(30)26-7-11-3-5-14(24)16(23)17(11)25;22-15-13(23)4-2-10(16(15)24)6-25-20(30)12-7-26-8-14-9-1-3-11(5-9)27(14)21(31)17(26)19(29)18(12)28;1-22-13-11-14(19)17-8-3-2-7(4-8)10(17)6-16(11)5-9(12(13)18)15(20)21;1-12(2,3)16-11(15)14-9-5-4-8(6-9)10(14)7-13;1-5(11)8-9(14-2)7(12)6(4-16-8)10(13)15-3;8-6-5(9)2-1-4(3-11)7(6)10;2-1-4-3;;;;;;;/h3,5,8,10,12,15H,2,4,6-7,9H2,1H3,(H,26,30);2,4,7,9,11,14,29H,1,3,5-6,8H2,(H,25,30);5,7-8,10H,2-4,6H2,1H3,(H,20,21);8-10H,4-7,13H2,1-3H3;4H,1-3H3;1-2H,3,11H2;1,3H;3*1H4;2*1H;;/q;;;;;;;;;;;;+2;+1/p-3/t10-,12+,15+;9-,11+,14+;7-,8+,10-;8-,9+,10-;;;;;;;;;;/m1111........../s1. The van der Waals surface area contributed by atoms with Crippen LogP contribution in [0.2, 0.25) is 15.1 Å². The second kappa shape index (κ2) is 50.4. The molecule has 6 amide bonds. The number of aromatic hydroxyl groups is 1. The largest absolute Gasteiger partial charge is 2.00 e. The number of aromatic carboxylic acids is 1. The van der Waals surface area contributed by atoms with Gasteiger partial charge in [-0.3, -0.25) is 52.7 Å². The van der Waals surface area contributed by atoms with E-state index in [4.69, 9.17) is 79.7 Å². The molecular formula is C91H105Br2Cl3F6MgN11NaO24. The topological polar surface area (TPSA) is 475 Å². The number of carboxylic acids is 1. The Balaban J connectivity index is 0.000000298. The number of halogens is 11. The third kappa shape index (κ3) is 24.3. The summed E-state index contributed by atoms with van der Waals surface area (Å²) in [5.74, 6) is -10.2. The number of esters is 1. The first-order chi connectivity index (χ1) is 62.6. The molecule has 4 saturated heterocycles. The Kier molecular flexibility index (Phi) is 43.5. The van der Waals surface area contributed by atoms with Gasteiger partial charge in [-0.25, -0.2) is 40.7 Å². The smallest absolute Gasteiger partial charge is 1.00 e. The zero-order chi connectivity index (χ0) is 96.4. The number of nitrogens with zero attached hydrogens (tertiary/aromatic N) is 7. The van der Waals surface area contributed by atoms with Crippen LogP contribution in [0.1, 0.15) is 227 Å². The first kappa shape index (κ1) is 120. The summed E-state index contributed by atoms with van der Waals surface area (Å²) in [5, 5.41) is 31.1. The number of ketones is 1. The quantitative estimate of drug-likeness (QED) is 0.0122. The SMILES string of the molecule is C.C.C.CC(C)(C)OC(=O)N1[C@H]2CC[C@H](C2)[C@H]1CN.COC(=O)c1coc(C(C)=O)c(OC)c1=O.COc1c2n(cc(C(=O)NCc3ccc(F)c(Cl)c3F)c1=O)C[C@H]1[C@@H]3CC[C@@H](C3)N1C2=O.COc1c2n(cc(C(=O)O)c1=O)C[C@@H]1[C@@H]3CC[C@@H](C3)N1C2=O.NCc1ccc(F)c(Cl)c1F.O=C(NCc1ccc(F)c(Cl)c1F)c1cn2c(c(O)c1=O)C(=O)N1[C@H]3CC[C@H](C3)[C@@H]1C2.O=CO[O-].[Br-].[Br-].[Mg+2].[Na+]. The molecule has 8 bridgehead atoms. The van der Waals surface area contributed by atoms with Crippen molar-refractivity contribution in [1.29, 1.82) is 0 Å². The molecule has 48 heteroatoms. The van der Waals surface area contributed by atoms with Crippen LogP contribution in [0.5, 0.6) is 23.0 Å². The summed E-state index contributed by atoms with van der Waals surface area (Å²) >= 11 is 16.4. The molecule has 0 unspecified atom stereocenters. The van der Waals surface area contributed by atoms with Gasteiger partial charge in [0.25, 0.3) is 36.0 Å². The number of ether oxygens (including phenoxy) is 5. The second-order valence-electron chi connectivity index (χ2n) is 33.9. The fourth-order valence-corrected chi connectivity index (χ4v) is 20.1. The average molecular weight is 2160 g/mol. The predicted molar refractivity (Wildman–Crippen MR) is 479 cm³/mol. The summed E-state index contributed by atoms with van der Waals surface area (Å²) in [4.78, 5) is 178. The van der Waals surface area contributed by atoms with E-state index in [0.29, 0.717) is 55.9 Å². The summed E-state index contributed by atoms with van der Waals surface area (Å²) in [7, 11) is 4.91. The molecule has 4 saturated carbocycles. The summed E-state index contributed by atoms with van der Waals surface area (Å²) in [6, 6.07) is 7.89. The molecule has 4 aromatic heterocycles. The summed E-state index contributed by atoms with van der Waals surface area (Å²) in [6.45, 7) is 8.06. The van der Waals surface area contributed by atoms with Gasteiger partial charge in [-0.2, -0.15) is 0 Å². The van der Waals surface area contributed by atoms with Gasteiger partial charge in [0.05, 0.1) is 52.6 Å². The van der Waals surface area contributed by atoms with Crippen LogP contribution in [-0.4, -0.2) is 215 Å². The van der Waals surface area contributed by atoms with Crippen molar-refractivity contribution < 1.29 is 186 Å². The van der Waals surface area contributed by atoms with E-state index in [-0.39, 0.29) is 274 Å². The normalized spacial score (nSPS) is 21.0. The van der Waals surface area contributed by atoms with Gasteiger partial charge in [-0.15, -0.1) is 0 Å². The molecule has 11 heterocycles. The summed E-state index contributed by atoms with van der Waals surface area (Å²) in [5.41, 5.74) is 6.43. The van der Waals surface area contributed by atoms with Crippen LogP contribution in [0.4, 0.5) is 31.1 Å². The number of hydrogen-bond acceptors (Lipinski definition) is 25. The van der Waals surface area contributed by atoms with Crippen LogP contribution in [-0.2, 0) is 58.4 Å². The Hall–Kier alpha value is -9.58. The van der Waals surface area contributed by atoms with E-state index in [0.717, 1.165) is 108 Å².